The molecule has 0 spiro atoms. The van der Waals surface area contributed by atoms with E-state index in [1.54, 1.807) is 24.3 Å². The van der Waals surface area contributed by atoms with E-state index >= 15 is 0 Å². The van der Waals surface area contributed by atoms with E-state index in [2.05, 4.69) is 20.6 Å². The minimum atomic E-state index is -0.305. The number of hydrogen-bond donors (Lipinski definition) is 3. The Morgan fingerprint density at radius 3 is 2.80 bits per heavy atom. The SMILES string of the molecule is COc1cccc([C@@H](C)NC(=O)CN2C(=O)c3cc(-c4nc(NC5CCOCC5)ncc4Cl)ccc3[C@@H]2CCN)c1. The van der Waals surface area contributed by atoms with Crippen LogP contribution in [0.5, 0.6) is 5.75 Å². The molecule has 4 N–H and O–H groups in total. The smallest absolute Gasteiger partial charge is 0.255 e. The summed E-state index contributed by atoms with van der Waals surface area (Å²) in [7, 11) is 1.60. The second-order valence-corrected chi connectivity index (χ2v) is 10.7. The van der Waals surface area contributed by atoms with E-state index in [4.69, 9.17) is 26.8 Å². The molecule has 0 unspecified atom stereocenters. The van der Waals surface area contributed by atoms with E-state index in [1.807, 2.05) is 43.3 Å². The van der Waals surface area contributed by atoms with Crippen molar-refractivity contribution < 1.29 is 19.1 Å². The second-order valence-electron chi connectivity index (χ2n) is 10.3. The normalized spacial score (nSPS) is 17.7. The number of carbonyl (C=O) groups is 2. The molecule has 2 amide bonds. The van der Waals surface area contributed by atoms with E-state index in [0.29, 0.717) is 59.7 Å². The van der Waals surface area contributed by atoms with Gasteiger partial charge in [0.15, 0.2) is 0 Å². The summed E-state index contributed by atoms with van der Waals surface area (Å²) in [4.78, 5) is 37.4. The predicted molar refractivity (Wildman–Crippen MR) is 157 cm³/mol. The molecule has 11 heteroatoms. The third kappa shape index (κ3) is 6.45. The zero-order chi connectivity index (χ0) is 28.9. The second kappa shape index (κ2) is 12.8. The Hall–Kier alpha value is -3.73. The van der Waals surface area contributed by atoms with Crippen molar-refractivity contribution in [3.8, 4) is 17.0 Å². The largest absolute Gasteiger partial charge is 0.497 e. The fraction of sp³-hybridized carbons (Fsp3) is 0.400. The monoisotopic (exact) mass is 578 g/mol. The van der Waals surface area contributed by atoms with Crippen molar-refractivity contribution in [2.75, 3.05) is 38.7 Å². The van der Waals surface area contributed by atoms with Gasteiger partial charge in [-0.3, -0.25) is 9.59 Å². The molecular formula is C30H35ClN6O4. The van der Waals surface area contributed by atoms with Gasteiger partial charge in [0.25, 0.3) is 5.91 Å². The Balaban J connectivity index is 1.34. The zero-order valence-corrected chi connectivity index (χ0v) is 24.0. The van der Waals surface area contributed by atoms with Crippen LogP contribution in [0.1, 0.15) is 59.8 Å². The quantitative estimate of drug-likeness (QED) is 0.327. The van der Waals surface area contributed by atoms with Gasteiger partial charge in [-0.2, -0.15) is 0 Å². The van der Waals surface area contributed by atoms with Crippen molar-refractivity contribution in [3.63, 3.8) is 0 Å². The van der Waals surface area contributed by atoms with Crippen molar-refractivity contribution in [2.45, 2.75) is 44.3 Å². The highest BCUT2D eigenvalue weighted by atomic mass is 35.5. The van der Waals surface area contributed by atoms with Crippen LogP contribution in [0.2, 0.25) is 5.02 Å². The molecule has 41 heavy (non-hydrogen) atoms. The number of nitrogens with one attached hydrogen (secondary N) is 2. The molecule has 3 heterocycles. The molecule has 0 saturated carbocycles. The number of fused-ring (bicyclic) bond motifs is 1. The lowest BCUT2D eigenvalue weighted by Crippen LogP contribution is -2.40. The molecule has 0 bridgehead atoms. The zero-order valence-electron chi connectivity index (χ0n) is 23.2. The van der Waals surface area contributed by atoms with Gasteiger partial charge in [-0.1, -0.05) is 35.9 Å². The molecule has 2 aliphatic rings. The Bertz CT molecular complexity index is 1410. The van der Waals surface area contributed by atoms with E-state index in [1.165, 1.54) is 0 Å². The van der Waals surface area contributed by atoms with Crippen LogP contribution in [-0.2, 0) is 9.53 Å². The number of anilines is 1. The molecule has 1 fully saturated rings. The minimum absolute atomic E-state index is 0.0880. The standard InChI is InChI=1S/C30H35ClN6O4/c1-18(19-4-3-5-22(14-19)40-2)34-27(38)17-37-26(8-11-32)23-7-6-20(15-24(23)29(37)39)28-25(31)16-33-30(36-28)35-21-9-12-41-13-10-21/h3-7,14-16,18,21,26H,8-13,17,32H2,1-2H3,(H,34,38)(H,33,35,36)/t18-,26+/m1/s1. The van der Waals surface area contributed by atoms with Crippen molar-refractivity contribution in [1.82, 2.24) is 20.2 Å². The number of benzene rings is 2. The lowest BCUT2D eigenvalue weighted by atomic mass is 9.98. The third-order valence-corrected chi connectivity index (χ3v) is 7.85. The first-order valence-corrected chi connectivity index (χ1v) is 14.2. The van der Waals surface area contributed by atoms with Crippen LogP contribution in [0.25, 0.3) is 11.3 Å². The number of amides is 2. The number of ether oxygens (including phenoxy) is 2. The molecule has 0 radical (unpaired) electrons. The third-order valence-electron chi connectivity index (χ3n) is 7.58. The van der Waals surface area contributed by atoms with Gasteiger partial charge in [-0.25, -0.2) is 9.97 Å². The van der Waals surface area contributed by atoms with Crippen molar-refractivity contribution in [2.24, 2.45) is 5.73 Å². The Morgan fingerprint density at radius 1 is 1.24 bits per heavy atom. The fourth-order valence-electron chi connectivity index (χ4n) is 5.39. The number of halogens is 1. The average Bonchev–Trinajstić information content (AvgIpc) is 3.24. The lowest BCUT2D eigenvalue weighted by molar-refractivity contribution is -0.122. The van der Waals surface area contributed by atoms with Crippen molar-refractivity contribution in [3.05, 3.63) is 70.4 Å². The van der Waals surface area contributed by atoms with Crippen LogP contribution in [-0.4, -0.2) is 66.1 Å². The predicted octanol–water partition coefficient (Wildman–Crippen LogP) is 4.12. The van der Waals surface area contributed by atoms with Gasteiger partial charge in [-0.05, 0) is 62.1 Å². The molecule has 10 nitrogen and oxygen atoms in total. The Kier molecular flexibility index (Phi) is 9.02. The summed E-state index contributed by atoms with van der Waals surface area (Å²) in [6, 6.07) is 12.8. The Morgan fingerprint density at radius 2 is 2.05 bits per heavy atom. The molecule has 1 saturated heterocycles. The van der Waals surface area contributed by atoms with Crippen LogP contribution in [0.3, 0.4) is 0 Å². The first kappa shape index (κ1) is 28.8. The van der Waals surface area contributed by atoms with E-state index in [9.17, 15) is 9.59 Å². The summed E-state index contributed by atoms with van der Waals surface area (Å²) in [5.74, 6) is 0.706. The number of carbonyl (C=O) groups excluding carboxylic acids is 2. The molecule has 216 valence electrons. The molecular weight excluding hydrogens is 544 g/mol. The molecule has 2 aromatic carbocycles. The number of nitrogens with two attached hydrogens (primary N) is 1. The molecule has 1 aromatic heterocycles. The van der Waals surface area contributed by atoms with Gasteiger partial charge in [0.1, 0.15) is 12.3 Å². The van der Waals surface area contributed by atoms with Crippen LogP contribution in [0, 0.1) is 0 Å². The molecule has 3 aromatic rings. The molecule has 0 aliphatic carbocycles. The highest BCUT2D eigenvalue weighted by Gasteiger charge is 2.37. The first-order chi connectivity index (χ1) is 19.9. The number of aromatic nitrogens is 2. The van der Waals surface area contributed by atoms with Crippen LogP contribution in [0.4, 0.5) is 5.95 Å². The van der Waals surface area contributed by atoms with Gasteiger partial charge in [0.2, 0.25) is 11.9 Å². The van der Waals surface area contributed by atoms with E-state index in [-0.39, 0.29) is 36.5 Å². The van der Waals surface area contributed by atoms with Gasteiger partial charge >= 0.3 is 0 Å². The molecule has 2 aliphatic heterocycles. The topological polar surface area (TPSA) is 132 Å². The maximum Gasteiger partial charge on any atom is 0.255 e. The summed E-state index contributed by atoms with van der Waals surface area (Å²) in [6.07, 6.45) is 3.85. The average molecular weight is 579 g/mol. The minimum Gasteiger partial charge on any atom is -0.497 e. The van der Waals surface area contributed by atoms with Crippen LogP contribution >= 0.6 is 11.6 Å². The van der Waals surface area contributed by atoms with Gasteiger partial charge < -0.3 is 30.7 Å². The summed E-state index contributed by atoms with van der Waals surface area (Å²) in [5.41, 5.74) is 9.41. The lowest BCUT2D eigenvalue weighted by Gasteiger charge is -2.25. The molecule has 5 rings (SSSR count). The maximum atomic E-state index is 13.7. The highest BCUT2D eigenvalue weighted by Crippen LogP contribution is 2.38. The Labute approximate surface area is 244 Å². The summed E-state index contributed by atoms with van der Waals surface area (Å²) in [5, 5.41) is 6.75. The fourth-order valence-corrected chi connectivity index (χ4v) is 5.59. The highest BCUT2D eigenvalue weighted by molar-refractivity contribution is 6.33. The van der Waals surface area contributed by atoms with Crippen molar-refractivity contribution >= 4 is 29.4 Å². The van der Waals surface area contributed by atoms with Crippen molar-refractivity contribution in [1.29, 1.82) is 0 Å². The number of hydrogen-bond acceptors (Lipinski definition) is 8. The van der Waals surface area contributed by atoms with Gasteiger partial charge in [0, 0.05) is 30.4 Å². The van der Waals surface area contributed by atoms with E-state index < -0.39 is 0 Å². The summed E-state index contributed by atoms with van der Waals surface area (Å²) < 4.78 is 10.7. The molecule has 2 atom stereocenters. The van der Waals surface area contributed by atoms with Crippen LogP contribution < -0.4 is 21.1 Å². The van der Waals surface area contributed by atoms with Gasteiger partial charge in [0.05, 0.1) is 36.1 Å². The number of nitrogens with zero attached hydrogens (tertiary/aromatic N) is 3. The van der Waals surface area contributed by atoms with Gasteiger partial charge in [-0.15, -0.1) is 0 Å². The number of rotatable bonds is 10. The van der Waals surface area contributed by atoms with Crippen LogP contribution in [0.15, 0.2) is 48.7 Å². The maximum absolute atomic E-state index is 13.7. The van der Waals surface area contributed by atoms with E-state index in [0.717, 1.165) is 24.0 Å². The first-order valence-electron chi connectivity index (χ1n) is 13.8. The number of methoxy groups -OCH3 is 1. The summed E-state index contributed by atoms with van der Waals surface area (Å²) in [6.45, 7) is 3.58. The summed E-state index contributed by atoms with van der Waals surface area (Å²) >= 11 is 6.51.